The molecule has 0 unspecified atom stereocenters. The Balaban J connectivity index is 1.90. The van der Waals surface area contributed by atoms with Crippen LogP contribution >= 0.6 is 11.6 Å². The Hall–Kier alpha value is -2.01. The Morgan fingerprint density at radius 3 is 2.36 bits per heavy atom. The van der Waals surface area contributed by atoms with Crippen LogP contribution in [-0.4, -0.2) is 12.5 Å². The molecule has 0 bridgehead atoms. The minimum atomic E-state index is -4.40. The van der Waals surface area contributed by atoms with Crippen LogP contribution in [0.5, 0.6) is 0 Å². The van der Waals surface area contributed by atoms with Crippen LogP contribution in [0.25, 0.3) is 0 Å². The SMILES string of the molecule is O=C(NCCc1cccc(Cl)c1)c1ccc(C(F)(F)F)cc1. The van der Waals surface area contributed by atoms with Crippen LogP contribution in [0.2, 0.25) is 5.02 Å². The fourth-order valence-corrected chi connectivity index (χ4v) is 2.14. The maximum atomic E-state index is 12.4. The van der Waals surface area contributed by atoms with Gasteiger partial charge in [-0.25, -0.2) is 0 Å². The molecule has 1 amide bonds. The molecule has 0 aliphatic heterocycles. The zero-order valence-corrected chi connectivity index (χ0v) is 12.2. The fourth-order valence-electron chi connectivity index (χ4n) is 1.93. The Kier molecular flexibility index (Phi) is 5.08. The predicted octanol–water partition coefficient (Wildman–Crippen LogP) is 4.33. The standard InChI is InChI=1S/C16H13ClF3NO/c17-14-3-1-2-11(10-14)8-9-21-15(22)12-4-6-13(7-5-12)16(18,19)20/h1-7,10H,8-9H2,(H,21,22). The smallest absolute Gasteiger partial charge is 0.352 e. The third-order valence-corrected chi connectivity index (χ3v) is 3.30. The van der Waals surface area contributed by atoms with Crippen LogP contribution in [0.3, 0.4) is 0 Å². The lowest BCUT2D eigenvalue weighted by atomic mass is 10.1. The van der Waals surface area contributed by atoms with E-state index in [4.69, 9.17) is 11.6 Å². The van der Waals surface area contributed by atoms with Crippen molar-refractivity contribution < 1.29 is 18.0 Å². The van der Waals surface area contributed by atoms with Crippen LogP contribution in [-0.2, 0) is 12.6 Å². The molecule has 2 nitrogen and oxygen atoms in total. The van der Waals surface area contributed by atoms with E-state index in [2.05, 4.69) is 5.32 Å². The number of nitrogens with one attached hydrogen (secondary N) is 1. The van der Waals surface area contributed by atoms with Crippen LogP contribution < -0.4 is 5.32 Å². The highest BCUT2D eigenvalue weighted by molar-refractivity contribution is 6.30. The van der Waals surface area contributed by atoms with Crippen molar-refractivity contribution in [3.8, 4) is 0 Å². The maximum absolute atomic E-state index is 12.4. The Labute approximate surface area is 130 Å². The first kappa shape index (κ1) is 16.4. The number of hydrogen-bond acceptors (Lipinski definition) is 1. The summed E-state index contributed by atoms with van der Waals surface area (Å²) in [7, 11) is 0. The van der Waals surface area contributed by atoms with Crippen molar-refractivity contribution in [2.45, 2.75) is 12.6 Å². The molecule has 6 heteroatoms. The molecular weight excluding hydrogens is 315 g/mol. The van der Waals surface area contributed by atoms with E-state index in [0.29, 0.717) is 18.0 Å². The van der Waals surface area contributed by atoms with Crippen LogP contribution in [0.1, 0.15) is 21.5 Å². The quantitative estimate of drug-likeness (QED) is 0.889. The maximum Gasteiger partial charge on any atom is 0.416 e. The summed E-state index contributed by atoms with van der Waals surface area (Å²) >= 11 is 5.85. The monoisotopic (exact) mass is 327 g/mol. The molecule has 116 valence electrons. The molecule has 22 heavy (non-hydrogen) atoms. The van der Waals surface area contributed by atoms with Gasteiger partial charge in [0.1, 0.15) is 0 Å². The van der Waals surface area contributed by atoms with Gasteiger partial charge in [0.2, 0.25) is 0 Å². The van der Waals surface area contributed by atoms with Crippen molar-refractivity contribution in [1.29, 1.82) is 0 Å². The first-order valence-electron chi connectivity index (χ1n) is 6.56. The van der Waals surface area contributed by atoms with Crippen LogP contribution in [0, 0.1) is 0 Å². The number of amides is 1. The predicted molar refractivity (Wildman–Crippen MR) is 78.9 cm³/mol. The van der Waals surface area contributed by atoms with Gasteiger partial charge < -0.3 is 5.32 Å². The van der Waals surface area contributed by atoms with Gasteiger partial charge in [0.25, 0.3) is 5.91 Å². The van der Waals surface area contributed by atoms with E-state index in [1.807, 2.05) is 12.1 Å². The second kappa shape index (κ2) is 6.83. The lowest BCUT2D eigenvalue weighted by Gasteiger charge is -2.08. The third-order valence-electron chi connectivity index (χ3n) is 3.06. The number of carbonyl (C=O) groups excluding carboxylic acids is 1. The average molecular weight is 328 g/mol. The zero-order valence-electron chi connectivity index (χ0n) is 11.5. The van der Waals surface area contributed by atoms with Crippen molar-refractivity contribution >= 4 is 17.5 Å². The molecule has 0 fully saturated rings. The van der Waals surface area contributed by atoms with Gasteiger partial charge >= 0.3 is 6.18 Å². The summed E-state index contributed by atoms with van der Waals surface area (Å²) in [6.07, 6.45) is -3.81. The summed E-state index contributed by atoms with van der Waals surface area (Å²) in [5.41, 5.74) is 0.391. The molecule has 2 aromatic carbocycles. The lowest BCUT2D eigenvalue weighted by molar-refractivity contribution is -0.137. The Morgan fingerprint density at radius 2 is 1.77 bits per heavy atom. The summed E-state index contributed by atoms with van der Waals surface area (Å²) in [6.45, 7) is 0.375. The summed E-state index contributed by atoms with van der Waals surface area (Å²) in [5, 5.41) is 3.28. The Bertz CT molecular complexity index is 653. The number of benzene rings is 2. The lowest BCUT2D eigenvalue weighted by Crippen LogP contribution is -2.25. The summed E-state index contributed by atoms with van der Waals surface area (Å²) in [4.78, 5) is 11.8. The molecule has 1 N–H and O–H groups in total. The number of alkyl halides is 3. The van der Waals surface area contributed by atoms with Crippen molar-refractivity contribution in [2.75, 3.05) is 6.54 Å². The second-order valence-electron chi connectivity index (χ2n) is 4.71. The first-order chi connectivity index (χ1) is 10.4. The van der Waals surface area contributed by atoms with Crippen molar-refractivity contribution in [1.82, 2.24) is 5.32 Å². The molecule has 0 saturated heterocycles. The van der Waals surface area contributed by atoms with Gasteiger partial charge in [-0.2, -0.15) is 13.2 Å². The number of carbonyl (C=O) groups is 1. The minimum absolute atomic E-state index is 0.194. The summed E-state index contributed by atoms with van der Waals surface area (Å²) < 4.78 is 37.3. The zero-order chi connectivity index (χ0) is 16.2. The molecular formula is C16H13ClF3NO. The number of hydrogen-bond donors (Lipinski definition) is 1. The van der Waals surface area contributed by atoms with Gasteiger partial charge in [0, 0.05) is 17.1 Å². The fraction of sp³-hybridized carbons (Fsp3) is 0.188. The topological polar surface area (TPSA) is 29.1 Å². The van der Waals surface area contributed by atoms with E-state index in [-0.39, 0.29) is 5.56 Å². The highest BCUT2D eigenvalue weighted by atomic mass is 35.5. The molecule has 2 rings (SSSR count). The summed E-state index contributed by atoms with van der Waals surface area (Å²) in [6, 6.07) is 11.4. The van der Waals surface area contributed by atoms with Crippen LogP contribution in [0.4, 0.5) is 13.2 Å². The number of halogens is 4. The van der Waals surface area contributed by atoms with Gasteiger partial charge in [-0.1, -0.05) is 23.7 Å². The summed E-state index contributed by atoms with van der Waals surface area (Å²) in [5.74, 6) is -0.407. The minimum Gasteiger partial charge on any atom is -0.352 e. The normalized spacial score (nSPS) is 11.3. The van der Waals surface area contributed by atoms with E-state index < -0.39 is 17.6 Å². The molecule has 0 heterocycles. The van der Waals surface area contributed by atoms with Gasteiger partial charge in [0.05, 0.1) is 5.56 Å². The van der Waals surface area contributed by atoms with E-state index in [0.717, 1.165) is 29.8 Å². The van der Waals surface area contributed by atoms with Gasteiger partial charge in [-0.15, -0.1) is 0 Å². The average Bonchev–Trinajstić information content (AvgIpc) is 2.46. The van der Waals surface area contributed by atoms with E-state index in [9.17, 15) is 18.0 Å². The molecule has 0 saturated carbocycles. The number of rotatable bonds is 4. The molecule has 0 spiro atoms. The molecule has 0 aliphatic carbocycles. The first-order valence-corrected chi connectivity index (χ1v) is 6.94. The van der Waals surface area contributed by atoms with E-state index in [1.165, 1.54) is 0 Å². The van der Waals surface area contributed by atoms with Crippen LogP contribution in [0.15, 0.2) is 48.5 Å². The molecule has 2 aromatic rings. The third kappa shape index (κ3) is 4.49. The van der Waals surface area contributed by atoms with Gasteiger partial charge in [-0.05, 0) is 48.4 Å². The Morgan fingerprint density at radius 1 is 1.09 bits per heavy atom. The molecule has 0 atom stereocenters. The largest absolute Gasteiger partial charge is 0.416 e. The van der Waals surface area contributed by atoms with Gasteiger partial charge in [0.15, 0.2) is 0 Å². The molecule has 0 aliphatic rings. The van der Waals surface area contributed by atoms with Gasteiger partial charge in [-0.3, -0.25) is 4.79 Å². The van der Waals surface area contributed by atoms with Crippen molar-refractivity contribution in [3.05, 3.63) is 70.2 Å². The molecule has 0 radical (unpaired) electrons. The van der Waals surface area contributed by atoms with Crippen molar-refractivity contribution in [2.24, 2.45) is 0 Å². The second-order valence-corrected chi connectivity index (χ2v) is 5.15. The molecule has 0 aromatic heterocycles. The van der Waals surface area contributed by atoms with E-state index >= 15 is 0 Å². The van der Waals surface area contributed by atoms with Crippen molar-refractivity contribution in [3.63, 3.8) is 0 Å². The van der Waals surface area contributed by atoms with E-state index in [1.54, 1.807) is 12.1 Å². The highest BCUT2D eigenvalue weighted by Crippen LogP contribution is 2.29. The highest BCUT2D eigenvalue weighted by Gasteiger charge is 2.30.